The molecule has 4 aromatic carbocycles. The molecular weight excluding hydrogens is 500 g/mol. The molecule has 0 fully saturated rings. The van der Waals surface area contributed by atoms with Crippen LogP contribution in [0.25, 0.3) is 0 Å². The number of phenols is 4. The molecule has 4 aromatic rings. The SMILES string of the molecule is COc1cccc(CC2c3cc(O)c(O)c(OC)c3Oc3c(O)c(OC)cc(CCc4cccc(O)c4)c32)c1. The maximum absolute atomic E-state index is 11.2. The van der Waals surface area contributed by atoms with Crippen molar-refractivity contribution >= 4 is 0 Å². The molecule has 1 aliphatic heterocycles. The van der Waals surface area contributed by atoms with Crippen LogP contribution < -0.4 is 18.9 Å². The van der Waals surface area contributed by atoms with E-state index in [2.05, 4.69) is 0 Å². The normalized spacial score (nSPS) is 13.7. The third-order valence-corrected chi connectivity index (χ3v) is 7.08. The van der Waals surface area contributed by atoms with Crippen LogP contribution in [0.15, 0.2) is 60.7 Å². The van der Waals surface area contributed by atoms with Gasteiger partial charge >= 0.3 is 0 Å². The number of aromatic hydroxyl groups is 4. The molecule has 0 saturated heterocycles. The van der Waals surface area contributed by atoms with E-state index < -0.39 is 11.7 Å². The Labute approximate surface area is 226 Å². The van der Waals surface area contributed by atoms with Crippen LogP contribution in [0.5, 0.6) is 51.7 Å². The first-order chi connectivity index (χ1) is 18.8. The molecule has 5 rings (SSSR count). The van der Waals surface area contributed by atoms with E-state index in [0.29, 0.717) is 30.6 Å². The summed E-state index contributed by atoms with van der Waals surface area (Å²) in [6.45, 7) is 0. The minimum Gasteiger partial charge on any atom is -0.508 e. The third kappa shape index (κ3) is 4.81. The highest BCUT2D eigenvalue weighted by atomic mass is 16.5. The molecule has 4 N–H and O–H groups in total. The van der Waals surface area contributed by atoms with Crippen LogP contribution in [0.2, 0.25) is 0 Å². The van der Waals surface area contributed by atoms with Crippen LogP contribution in [0.1, 0.15) is 33.7 Å². The summed E-state index contributed by atoms with van der Waals surface area (Å²) < 4.78 is 22.6. The maximum Gasteiger partial charge on any atom is 0.208 e. The first-order valence-corrected chi connectivity index (χ1v) is 12.5. The third-order valence-electron chi connectivity index (χ3n) is 7.08. The van der Waals surface area contributed by atoms with Gasteiger partial charge in [0, 0.05) is 17.0 Å². The molecule has 0 saturated carbocycles. The second-order valence-electron chi connectivity index (χ2n) is 9.41. The predicted molar refractivity (Wildman–Crippen MR) is 145 cm³/mol. The van der Waals surface area contributed by atoms with Gasteiger partial charge < -0.3 is 39.4 Å². The zero-order valence-electron chi connectivity index (χ0n) is 21.9. The maximum atomic E-state index is 11.2. The van der Waals surface area contributed by atoms with Crippen molar-refractivity contribution in [1.29, 1.82) is 0 Å². The van der Waals surface area contributed by atoms with Crippen LogP contribution in [0.3, 0.4) is 0 Å². The number of ether oxygens (including phenoxy) is 4. The molecule has 0 aromatic heterocycles. The molecule has 202 valence electrons. The molecule has 0 radical (unpaired) electrons. The van der Waals surface area contributed by atoms with Gasteiger partial charge in [0.25, 0.3) is 0 Å². The largest absolute Gasteiger partial charge is 0.508 e. The van der Waals surface area contributed by atoms with Crippen molar-refractivity contribution in [3.05, 3.63) is 88.5 Å². The molecular formula is C31H30O8. The summed E-state index contributed by atoms with van der Waals surface area (Å²) in [6, 6.07) is 18.0. The number of fused-ring (bicyclic) bond motifs is 2. The highest BCUT2D eigenvalue weighted by Crippen LogP contribution is 2.59. The topological polar surface area (TPSA) is 118 Å². The van der Waals surface area contributed by atoms with Crippen molar-refractivity contribution in [3.8, 4) is 51.7 Å². The Morgan fingerprint density at radius 2 is 1.51 bits per heavy atom. The Morgan fingerprint density at radius 1 is 0.744 bits per heavy atom. The second kappa shape index (κ2) is 10.6. The lowest BCUT2D eigenvalue weighted by Gasteiger charge is -2.32. The summed E-state index contributed by atoms with van der Waals surface area (Å²) in [5, 5.41) is 42.3. The van der Waals surface area contributed by atoms with Crippen molar-refractivity contribution in [2.45, 2.75) is 25.2 Å². The van der Waals surface area contributed by atoms with Gasteiger partial charge in [0.05, 0.1) is 21.3 Å². The van der Waals surface area contributed by atoms with Gasteiger partial charge in [0.15, 0.2) is 23.0 Å². The molecule has 0 amide bonds. The van der Waals surface area contributed by atoms with Gasteiger partial charge in [-0.1, -0.05) is 24.3 Å². The van der Waals surface area contributed by atoms with Crippen molar-refractivity contribution < 1.29 is 39.4 Å². The minimum absolute atomic E-state index is 0.0326. The Morgan fingerprint density at radius 3 is 2.23 bits per heavy atom. The van der Waals surface area contributed by atoms with Gasteiger partial charge in [-0.25, -0.2) is 0 Å². The fourth-order valence-electron chi connectivity index (χ4n) is 5.22. The Bertz CT molecular complexity index is 1530. The fraction of sp³-hybridized carbons (Fsp3) is 0.226. The summed E-state index contributed by atoms with van der Waals surface area (Å²) in [6.07, 6.45) is 1.63. The smallest absolute Gasteiger partial charge is 0.208 e. The van der Waals surface area contributed by atoms with Crippen LogP contribution in [0, 0.1) is 0 Å². The first-order valence-electron chi connectivity index (χ1n) is 12.5. The quantitative estimate of drug-likeness (QED) is 0.211. The van der Waals surface area contributed by atoms with Gasteiger partial charge in [0.1, 0.15) is 11.5 Å². The van der Waals surface area contributed by atoms with Crippen molar-refractivity contribution in [1.82, 2.24) is 0 Å². The van der Waals surface area contributed by atoms with Crippen molar-refractivity contribution in [3.63, 3.8) is 0 Å². The number of aryl methyl sites for hydroxylation is 2. The van der Waals surface area contributed by atoms with Gasteiger partial charge in [-0.2, -0.15) is 0 Å². The zero-order valence-corrected chi connectivity index (χ0v) is 21.9. The Kier molecular flexibility index (Phi) is 7.02. The molecule has 1 unspecified atom stereocenters. The van der Waals surface area contributed by atoms with E-state index in [1.807, 2.05) is 30.3 Å². The Balaban J connectivity index is 1.70. The number of methoxy groups -OCH3 is 3. The summed E-state index contributed by atoms with van der Waals surface area (Å²) in [4.78, 5) is 0. The lowest BCUT2D eigenvalue weighted by molar-refractivity contribution is 0.313. The molecule has 8 nitrogen and oxygen atoms in total. The number of rotatable bonds is 8. The van der Waals surface area contributed by atoms with E-state index in [-0.39, 0.29) is 40.2 Å². The summed E-state index contributed by atoms with van der Waals surface area (Å²) in [5.74, 6) is 0.136. The van der Waals surface area contributed by atoms with Crippen LogP contribution in [-0.4, -0.2) is 41.8 Å². The second-order valence-corrected chi connectivity index (χ2v) is 9.41. The monoisotopic (exact) mass is 530 g/mol. The molecule has 39 heavy (non-hydrogen) atoms. The van der Waals surface area contributed by atoms with E-state index in [1.165, 1.54) is 20.3 Å². The number of benzene rings is 4. The van der Waals surface area contributed by atoms with Crippen LogP contribution >= 0.6 is 0 Å². The molecule has 0 aliphatic carbocycles. The molecule has 0 bridgehead atoms. The highest BCUT2D eigenvalue weighted by Gasteiger charge is 2.37. The average molecular weight is 531 g/mol. The number of hydrogen-bond donors (Lipinski definition) is 4. The van der Waals surface area contributed by atoms with Gasteiger partial charge in [-0.05, 0) is 72.4 Å². The standard InChI is InChI=1S/C31H30O8/c1-36-21-9-5-7-18(13-21)14-22-23-16-24(33)27(34)31(38-3)29(23)39-30-26(22)19(15-25(37-2)28(30)35)11-10-17-6-4-8-20(32)12-17/h4-9,12-13,15-16,22,32-35H,10-11,14H2,1-3H3. The molecule has 1 heterocycles. The fourth-order valence-corrected chi connectivity index (χ4v) is 5.22. The predicted octanol–water partition coefficient (Wildman–Crippen LogP) is 5.80. The molecule has 0 spiro atoms. The molecule has 1 aliphatic rings. The number of hydrogen-bond acceptors (Lipinski definition) is 8. The molecule has 1 atom stereocenters. The summed E-state index contributed by atoms with van der Waals surface area (Å²) in [5.41, 5.74) is 4.10. The average Bonchev–Trinajstić information content (AvgIpc) is 2.94. The van der Waals surface area contributed by atoms with Crippen LogP contribution in [-0.2, 0) is 19.3 Å². The summed E-state index contributed by atoms with van der Waals surface area (Å²) in [7, 11) is 4.44. The van der Waals surface area contributed by atoms with E-state index in [9.17, 15) is 20.4 Å². The van der Waals surface area contributed by atoms with Crippen molar-refractivity contribution in [2.24, 2.45) is 0 Å². The Hall–Kier alpha value is -4.72. The van der Waals surface area contributed by atoms with Crippen LogP contribution in [0.4, 0.5) is 0 Å². The van der Waals surface area contributed by atoms with Crippen molar-refractivity contribution in [2.75, 3.05) is 21.3 Å². The van der Waals surface area contributed by atoms with Gasteiger partial charge in [-0.15, -0.1) is 0 Å². The summed E-state index contributed by atoms with van der Waals surface area (Å²) >= 11 is 0. The minimum atomic E-state index is -0.452. The van der Waals surface area contributed by atoms with E-state index in [4.69, 9.17) is 18.9 Å². The first kappa shape index (κ1) is 25.9. The van der Waals surface area contributed by atoms with Gasteiger partial charge in [-0.3, -0.25) is 0 Å². The van der Waals surface area contributed by atoms with E-state index >= 15 is 0 Å². The molecule has 8 heteroatoms. The van der Waals surface area contributed by atoms with Gasteiger partial charge in [0.2, 0.25) is 17.2 Å². The number of phenolic OH excluding ortho intramolecular Hbond substituents is 4. The van der Waals surface area contributed by atoms with E-state index in [1.54, 1.807) is 31.4 Å². The lowest BCUT2D eigenvalue weighted by atomic mass is 9.79. The highest BCUT2D eigenvalue weighted by molar-refractivity contribution is 5.72. The lowest BCUT2D eigenvalue weighted by Crippen LogP contribution is -2.17. The zero-order chi connectivity index (χ0) is 27.7. The van der Waals surface area contributed by atoms with E-state index in [0.717, 1.165) is 22.3 Å².